The molecule has 0 saturated heterocycles. The Balaban J connectivity index is 0.959. The van der Waals surface area contributed by atoms with E-state index in [9.17, 15) is 9.59 Å². The summed E-state index contributed by atoms with van der Waals surface area (Å²) in [5.41, 5.74) is 13.2. The fourth-order valence-corrected chi connectivity index (χ4v) is 7.09. The Bertz CT molecular complexity index is 2070. The summed E-state index contributed by atoms with van der Waals surface area (Å²) < 4.78 is 3.30. The number of hydrogen-bond donors (Lipinski definition) is 2. The van der Waals surface area contributed by atoms with Crippen LogP contribution in [0.25, 0.3) is 10.9 Å². The van der Waals surface area contributed by atoms with Crippen LogP contribution in [-0.4, -0.2) is 63.0 Å². The van der Waals surface area contributed by atoms with Crippen molar-refractivity contribution in [1.82, 2.24) is 0 Å². The number of ketones is 2. The van der Waals surface area contributed by atoms with Gasteiger partial charge in [-0.05, 0) is 56.0 Å². The zero-order valence-electron chi connectivity index (χ0n) is 30.4. The molecule has 0 atom stereocenters. The highest BCUT2D eigenvalue weighted by Crippen LogP contribution is 2.37. The number of fused-ring (bicyclic) bond motifs is 3. The Labute approximate surface area is 301 Å². The summed E-state index contributed by atoms with van der Waals surface area (Å²) in [5, 5.41) is 11.3. The molecule has 0 aliphatic heterocycles. The molecule has 6 rings (SSSR count). The van der Waals surface area contributed by atoms with Crippen LogP contribution in [0.4, 0.5) is 17.1 Å². The molecule has 1 aromatic heterocycles. The van der Waals surface area contributed by atoms with Crippen molar-refractivity contribution in [1.29, 1.82) is 0 Å². The normalized spacial score (nSPS) is 12.7. The van der Waals surface area contributed by atoms with Gasteiger partial charge in [0.15, 0.2) is 17.8 Å². The molecule has 4 aromatic carbocycles. The average molecular weight is 683 g/mol. The van der Waals surface area contributed by atoms with E-state index in [1.807, 2.05) is 49.5 Å². The number of unbranched alkanes of at least 4 members (excludes halogenated alkanes) is 3. The van der Waals surface area contributed by atoms with Gasteiger partial charge in [0.2, 0.25) is 5.52 Å². The number of hydrazone groups is 1. The fourth-order valence-electron chi connectivity index (χ4n) is 7.09. The molecule has 51 heavy (non-hydrogen) atoms. The third-order valence-corrected chi connectivity index (χ3v) is 10.1. The van der Waals surface area contributed by atoms with E-state index < -0.39 is 0 Å². The van der Waals surface area contributed by atoms with Crippen LogP contribution in [0.1, 0.15) is 75.1 Å². The summed E-state index contributed by atoms with van der Waals surface area (Å²) in [6.45, 7) is 5.71. The van der Waals surface area contributed by atoms with Crippen molar-refractivity contribution in [2.24, 2.45) is 5.10 Å². The number of nitrogens with zero attached hydrogens (tertiary/aromatic N) is 4. The summed E-state index contributed by atoms with van der Waals surface area (Å²) >= 11 is 0. The van der Waals surface area contributed by atoms with E-state index in [-0.39, 0.29) is 11.6 Å². The highest BCUT2D eigenvalue weighted by molar-refractivity contribution is 6.32. The standard InChI is InChI=1S/C43H49N6O2/c1-31-29-37(39-40(41(31)44)43(51)36-21-11-10-20-35(36)42(39)50)45-24-16-28-49(3,4)27-15-6-5-14-25-48-26-23-32(34-19-12-13-22-38(34)48)30-46-47(2)33-17-8-7-9-18-33/h7-13,17-23,26,29-30,44,46H,5-6,14-16,24-25,27-28H2,1-4H3/q+1/p+1. The van der Waals surface area contributed by atoms with Gasteiger partial charge in [-0.1, -0.05) is 54.6 Å². The van der Waals surface area contributed by atoms with Gasteiger partial charge in [-0.15, -0.1) is 0 Å². The summed E-state index contributed by atoms with van der Waals surface area (Å²) in [7, 11) is 6.55. The molecular weight excluding hydrogens is 633 g/mol. The Hall–Kier alpha value is -5.34. The molecule has 1 aliphatic carbocycles. The maximum absolute atomic E-state index is 13.5. The zero-order chi connectivity index (χ0) is 36.0. The lowest BCUT2D eigenvalue weighted by molar-refractivity contribution is -0.890. The Morgan fingerprint density at radius 2 is 1.45 bits per heavy atom. The predicted molar refractivity (Wildman–Crippen MR) is 209 cm³/mol. The number of benzene rings is 4. The molecule has 1 heterocycles. The van der Waals surface area contributed by atoms with Crippen molar-refractivity contribution in [3.63, 3.8) is 0 Å². The number of nitrogens with two attached hydrogens (primary N) is 1. The number of rotatable bonds is 15. The van der Waals surface area contributed by atoms with Gasteiger partial charge in [0.25, 0.3) is 0 Å². The van der Waals surface area contributed by atoms with Crippen LogP contribution >= 0.6 is 0 Å². The number of nitrogen functional groups attached to an aromatic ring is 1. The van der Waals surface area contributed by atoms with Crippen molar-refractivity contribution >= 4 is 45.7 Å². The largest absolute Gasteiger partial charge is 0.398 e. The molecule has 8 nitrogen and oxygen atoms in total. The van der Waals surface area contributed by atoms with E-state index in [1.165, 1.54) is 30.2 Å². The van der Waals surface area contributed by atoms with Gasteiger partial charge in [-0.3, -0.25) is 14.6 Å². The summed E-state index contributed by atoms with van der Waals surface area (Å²) in [4.78, 5) is 26.9. The zero-order valence-corrected chi connectivity index (χ0v) is 30.4. The van der Waals surface area contributed by atoms with Gasteiger partial charge < -0.3 is 15.5 Å². The molecule has 5 aromatic rings. The number of para-hydroxylation sites is 2. The molecule has 3 N–H and O–H groups in total. The van der Waals surface area contributed by atoms with Crippen LogP contribution in [-0.2, 0) is 6.54 Å². The van der Waals surface area contributed by atoms with Gasteiger partial charge in [0, 0.05) is 66.6 Å². The van der Waals surface area contributed by atoms with Gasteiger partial charge in [0.1, 0.15) is 6.54 Å². The summed E-state index contributed by atoms with van der Waals surface area (Å²) in [6.07, 6.45) is 9.77. The summed E-state index contributed by atoms with van der Waals surface area (Å²) in [6, 6.07) is 29.8. The number of carbonyl (C=O) groups excluding carboxylic acids is 2. The first-order valence-electron chi connectivity index (χ1n) is 18.1. The lowest BCUT2D eigenvalue weighted by Crippen LogP contribution is -2.41. The van der Waals surface area contributed by atoms with Crippen molar-refractivity contribution in [3.8, 4) is 0 Å². The molecule has 0 spiro atoms. The topological polar surface area (TPSA) is 91.7 Å². The van der Waals surface area contributed by atoms with Crippen LogP contribution < -0.4 is 20.6 Å². The molecule has 0 fully saturated rings. The van der Waals surface area contributed by atoms with Crippen LogP contribution in [0, 0.1) is 6.92 Å². The van der Waals surface area contributed by atoms with Crippen molar-refractivity contribution in [2.45, 2.75) is 45.6 Å². The highest BCUT2D eigenvalue weighted by Gasteiger charge is 2.34. The van der Waals surface area contributed by atoms with E-state index in [2.05, 4.69) is 72.6 Å². The van der Waals surface area contributed by atoms with Crippen molar-refractivity contribution in [2.75, 3.05) is 56.8 Å². The van der Waals surface area contributed by atoms with Gasteiger partial charge in [-0.2, -0.15) is 9.67 Å². The van der Waals surface area contributed by atoms with E-state index in [0.717, 1.165) is 53.8 Å². The van der Waals surface area contributed by atoms with E-state index in [1.54, 1.807) is 24.3 Å². The average Bonchev–Trinajstić information content (AvgIpc) is 3.14. The molecule has 8 heteroatoms. The van der Waals surface area contributed by atoms with Crippen molar-refractivity contribution < 1.29 is 18.6 Å². The fraction of sp³-hybridized carbons (Fsp3) is 0.302. The predicted octanol–water partition coefficient (Wildman–Crippen LogP) is 7.40. The maximum atomic E-state index is 13.5. The number of aromatic nitrogens is 1. The third-order valence-electron chi connectivity index (χ3n) is 10.1. The molecule has 0 amide bonds. The smallest absolute Gasteiger partial charge is 0.213 e. The first-order valence-corrected chi connectivity index (χ1v) is 18.1. The number of nitrogens with one attached hydrogen (secondary N) is 1. The molecule has 1 aliphatic rings. The molecule has 0 bridgehead atoms. The van der Waals surface area contributed by atoms with Crippen LogP contribution in [0.3, 0.4) is 0 Å². The number of anilines is 3. The highest BCUT2D eigenvalue weighted by atomic mass is 16.1. The first-order chi connectivity index (χ1) is 24.6. The monoisotopic (exact) mass is 682 g/mol. The third kappa shape index (κ3) is 8.02. The second kappa shape index (κ2) is 15.7. The Kier molecular flexibility index (Phi) is 10.9. The lowest BCUT2D eigenvalue weighted by Gasteiger charge is -2.30. The first kappa shape index (κ1) is 35.5. The number of carbonyl (C=O) groups is 2. The number of quaternary nitrogens is 1. The molecule has 0 radical (unpaired) electrons. The molecule has 262 valence electrons. The quantitative estimate of drug-likeness (QED) is 0.0294. The lowest BCUT2D eigenvalue weighted by atomic mass is 9.81. The van der Waals surface area contributed by atoms with E-state index in [4.69, 9.17) is 10.8 Å². The van der Waals surface area contributed by atoms with Crippen LogP contribution in [0.15, 0.2) is 102 Å². The molecule has 0 saturated carbocycles. The van der Waals surface area contributed by atoms with E-state index >= 15 is 0 Å². The minimum atomic E-state index is -0.180. The second-order valence-corrected chi connectivity index (χ2v) is 14.3. The van der Waals surface area contributed by atoms with E-state index in [0.29, 0.717) is 40.2 Å². The number of aryl methyl sites for hydroxylation is 2. The second-order valence-electron chi connectivity index (χ2n) is 14.3. The minimum Gasteiger partial charge on any atom is -0.398 e. The van der Waals surface area contributed by atoms with Gasteiger partial charge in [-0.25, -0.2) is 0 Å². The van der Waals surface area contributed by atoms with Crippen molar-refractivity contribution in [3.05, 3.63) is 131 Å². The summed E-state index contributed by atoms with van der Waals surface area (Å²) in [5.74, 6) is -0.327. The van der Waals surface area contributed by atoms with Gasteiger partial charge in [0.05, 0.1) is 55.6 Å². The molecule has 0 unspecified atom stereocenters. The Morgan fingerprint density at radius 1 is 0.804 bits per heavy atom. The Morgan fingerprint density at radius 3 is 2.22 bits per heavy atom. The number of hydrogen-bond acceptors (Lipinski definition) is 6. The van der Waals surface area contributed by atoms with Crippen LogP contribution in [0.5, 0.6) is 0 Å². The maximum Gasteiger partial charge on any atom is 0.213 e. The van der Waals surface area contributed by atoms with Crippen LogP contribution in [0.2, 0.25) is 0 Å². The van der Waals surface area contributed by atoms with Gasteiger partial charge >= 0.3 is 0 Å². The minimum absolute atomic E-state index is 0.147. The SMILES string of the molecule is Cc1cc(NCCC[N+](C)(C)CCCCCC[n+]2ccc(C=NN(C)c3ccccc3)c3ccccc32)c2c(c1N)C(=O)c1ccccc1C2=O. The molecular formula is C43H50N6O2+2. The number of pyridine rings is 1.